The molecule has 0 radical (unpaired) electrons. The van der Waals surface area contributed by atoms with Crippen LogP contribution in [0.5, 0.6) is 0 Å². The molecule has 2 saturated heterocycles. The zero-order valence-electron chi connectivity index (χ0n) is 22.9. The summed E-state index contributed by atoms with van der Waals surface area (Å²) >= 11 is 0. The summed E-state index contributed by atoms with van der Waals surface area (Å²) in [6, 6.07) is 7.23. The minimum atomic E-state index is -0.822. The molecule has 0 spiro atoms. The van der Waals surface area contributed by atoms with E-state index in [1.54, 1.807) is 6.07 Å². The highest BCUT2D eigenvalue weighted by molar-refractivity contribution is 5.99. The van der Waals surface area contributed by atoms with Crippen LogP contribution in [0.4, 0.5) is 20.5 Å². The quantitative estimate of drug-likeness (QED) is 0.373. The number of aliphatic hydroxyl groups is 1. The second-order valence-electron chi connectivity index (χ2n) is 10.8. The molecule has 1 amide bonds. The third-order valence-electron chi connectivity index (χ3n) is 7.72. The van der Waals surface area contributed by atoms with Gasteiger partial charge < -0.3 is 24.3 Å². The van der Waals surface area contributed by atoms with E-state index in [9.17, 15) is 14.3 Å². The van der Waals surface area contributed by atoms with Crippen LogP contribution in [0.25, 0.3) is 22.0 Å². The van der Waals surface area contributed by atoms with Crippen molar-refractivity contribution in [1.29, 1.82) is 0 Å². The van der Waals surface area contributed by atoms with Gasteiger partial charge in [0.2, 0.25) is 11.8 Å². The Balaban J connectivity index is 1.24. The average molecular weight is 564 g/mol. The standard InChI is InChI=1S/C29H31F2N7O3/c1-17(2)28-34-29(35-41-28)37-10-8-36(9-11-37)27-22-15-20(30)14-21(26(22)32-16-33-27)18-5-6-19(23(31)12-18)13-25(40)38-7-3-4-24(38)39/h5-6,12,14-17,24,39H,3-4,7-11,13H2,1-2H3. The SMILES string of the molecule is CC(C)c1nc(N2CCN(c3ncnc4c(-c5ccc(CC(=O)N6CCCC6O)c(F)c5)cc(F)cc34)CC2)no1. The fourth-order valence-corrected chi connectivity index (χ4v) is 5.46. The summed E-state index contributed by atoms with van der Waals surface area (Å²) in [5.41, 5.74) is 1.59. The topological polar surface area (TPSA) is 112 Å². The van der Waals surface area contributed by atoms with Crippen molar-refractivity contribution in [2.24, 2.45) is 0 Å². The molecule has 0 bridgehead atoms. The van der Waals surface area contributed by atoms with Crippen molar-refractivity contribution in [3.05, 3.63) is 59.7 Å². The van der Waals surface area contributed by atoms with Crippen LogP contribution < -0.4 is 9.80 Å². The molecule has 1 N–H and O–H groups in total. The van der Waals surface area contributed by atoms with E-state index in [1.807, 2.05) is 18.7 Å². The zero-order valence-corrected chi connectivity index (χ0v) is 22.9. The predicted octanol–water partition coefficient (Wildman–Crippen LogP) is 3.89. The number of anilines is 2. The molecule has 214 valence electrons. The highest BCUT2D eigenvalue weighted by Gasteiger charge is 2.28. The Kier molecular flexibility index (Phi) is 7.24. The second-order valence-corrected chi connectivity index (χ2v) is 10.8. The number of aromatic nitrogens is 4. The zero-order chi connectivity index (χ0) is 28.7. The molecule has 1 unspecified atom stereocenters. The van der Waals surface area contributed by atoms with E-state index in [0.717, 1.165) is 6.42 Å². The molecular weight excluding hydrogens is 532 g/mol. The lowest BCUT2D eigenvalue weighted by Crippen LogP contribution is -2.47. The molecule has 0 saturated carbocycles. The number of benzene rings is 2. The number of hydrogen-bond acceptors (Lipinski definition) is 9. The molecular formula is C29H31F2N7O3. The van der Waals surface area contributed by atoms with Crippen molar-refractivity contribution in [3.8, 4) is 11.1 Å². The van der Waals surface area contributed by atoms with Gasteiger partial charge in [-0.05, 0) is 47.3 Å². The first-order valence-corrected chi connectivity index (χ1v) is 13.8. The lowest BCUT2D eigenvalue weighted by molar-refractivity contribution is -0.137. The minimum absolute atomic E-state index is 0.144. The molecule has 0 aliphatic carbocycles. The van der Waals surface area contributed by atoms with E-state index in [1.165, 1.54) is 35.5 Å². The van der Waals surface area contributed by atoms with E-state index in [-0.39, 0.29) is 23.8 Å². The number of carbonyl (C=O) groups is 1. The van der Waals surface area contributed by atoms with E-state index in [0.29, 0.717) is 78.8 Å². The number of hydrogen-bond donors (Lipinski definition) is 1. The monoisotopic (exact) mass is 563 g/mol. The number of rotatable bonds is 6. The Morgan fingerprint density at radius 3 is 2.54 bits per heavy atom. The Hall–Kier alpha value is -4.19. The van der Waals surface area contributed by atoms with Crippen LogP contribution in [0.15, 0.2) is 41.2 Å². The smallest absolute Gasteiger partial charge is 0.266 e. The third-order valence-corrected chi connectivity index (χ3v) is 7.72. The van der Waals surface area contributed by atoms with Crippen LogP contribution in [0.3, 0.4) is 0 Å². The highest BCUT2D eigenvalue weighted by Crippen LogP contribution is 2.34. The minimum Gasteiger partial charge on any atom is -0.374 e. The molecule has 4 heterocycles. The molecule has 4 aromatic rings. The Labute approximate surface area is 235 Å². The average Bonchev–Trinajstić information content (AvgIpc) is 3.63. The van der Waals surface area contributed by atoms with Crippen LogP contribution in [0, 0.1) is 11.6 Å². The van der Waals surface area contributed by atoms with E-state index >= 15 is 4.39 Å². The van der Waals surface area contributed by atoms with Gasteiger partial charge in [0.05, 0.1) is 11.9 Å². The lowest BCUT2D eigenvalue weighted by atomic mass is 9.99. The summed E-state index contributed by atoms with van der Waals surface area (Å²) in [7, 11) is 0. The van der Waals surface area contributed by atoms with Crippen molar-refractivity contribution in [3.63, 3.8) is 0 Å². The molecule has 12 heteroatoms. The number of fused-ring (bicyclic) bond motifs is 1. The Morgan fingerprint density at radius 1 is 1.07 bits per heavy atom. The molecule has 2 aliphatic rings. The van der Waals surface area contributed by atoms with Crippen molar-refractivity contribution in [1.82, 2.24) is 25.0 Å². The Bertz CT molecular complexity index is 1590. The van der Waals surface area contributed by atoms with Gasteiger partial charge in [0.25, 0.3) is 5.95 Å². The molecule has 2 fully saturated rings. The summed E-state index contributed by atoms with van der Waals surface area (Å²) in [6.07, 6.45) is 1.70. The number of amides is 1. The second kappa shape index (κ2) is 11.0. The lowest BCUT2D eigenvalue weighted by Gasteiger charge is -2.35. The van der Waals surface area contributed by atoms with Gasteiger partial charge >= 0.3 is 0 Å². The van der Waals surface area contributed by atoms with E-state index < -0.39 is 17.9 Å². The number of aliphatic hydroxyl groups excluding tert-OH is 1. The molecule has 2 aliphatic heterocycles. The highest BCUT2D eigenvalue weighted by atomic mass is 19.1. The summed E-state index contributed by atoms with van der Waals surface area (Å²) in [5.74, 6) is 0.498. The van der Waals surface area contributed by atoms with Gasteiger partial charge in [-0.15, -0.1) is 0 Å². The largest absolute Gasteiger partial charge is 0.374 e. The van der Waals surface area contributed by atoms with Gasteiger partial charge in [-0.3, -0.25) is 4.79 Å². The number of carbonyl (C=O) groups excluding carboxylic acids is 1. The predicted molar refractivity (Wildman–Crippen MR) is 148 cm³/mol. The number of halogens is 2. The summed E-state index contributed by atoms with van der Waals surface area (Å²) in [6.45, 7) is 6.92. The molecule has 10 nitrogen and oxygen atoms in total. The first kappa shape index (κ1) is 27.0. The van der Waals surface area contributed by atoms with Crippen molar-refractivity contribution < 1.29 is 23.2 Å². The summed E-state index contributed by atoms with van der Waals surface area (Å²) in [5, 5.41) is 14.6. The Morgan fingerprint density at radius 2 is 1.85 bits per heavy atom. The molecule has 2 aromatic heterocycles. The third kappa shape index (κ3) is 5.31. The van der Waals surface area contributed by atoms with Crippen molar-refractivity contribution in [2.75, 3.05) is 42.5 Å². The fraction of sp³-hybridized carbons (Fsp3) is 0.414. The van der Waals surface area contributed by atoms with Crippen molar-refractivity contribution >= 4 is 28.6 Å². The van der Waals surface area contributed by atoms with Crippen LogP contribution >= 0.6 is 0 Å². The van der Waals surface area contributed by atoms with Gasteiger partial charge in [-0.25, -0.2) is 18.7 Å². The van der Waals surface area contributed by atoms with E-state index in [4.69, 9.17) is 4.52 Å². The first-order chi connectivity index (χ1) is 19.8. The van der Waals surface area contributed by atoms with Gasteiger partial charge in [0.1, 0.15) is 30.0 Å². The molecule has 2 aromatic carbocycles. The van der Waals surface area contributed by atoms with Gasteiger partial charge in [-0.1, -0.05) is 26.0 Å². The maximum absolute atomic E-state index is 15.2. The number of likely N-dealkylation sites (tertiary alicyclic amines) is 1. The molecule has 6 rings (SSSR count). The maximum atomic E-state index is 15.2. The van der Waals surface area contributed by atoms with Gasteiger partial charge in [-0.2, -0.15) is 4.98 Å². The van der Waals surface area contributed by atoms with Gasteiger partial charge in [0.15, 0.2) is 0 Å². The normalized spacial score (nSPS) is 17.7. The van der Waals surface area contributed by atoms with Crippen LogP contribution in [0.2, 0.25) is 0 Å². The van der Waals surface area contributed by atoms with Crippen LogP contribution in [-0.2, 0) is 11.2 Å². The maximum Gasteiger partial charge on any atom is 0.266 e. The van der Waals surface area contributed by atoms with E-state index in [2.05, 4.69) is 25.0 Å². The van der Waals surface area contributed by atoms with Gasteiger partial charge in [0, 0.05) is 49.6 Å². The summed E-state index contributed by atoms with van der Waals surface area (Å²) < 4.78 is 35.5. The van der Waals surface area contributed by atoms with Crippen molar-refractivity contribution in [2.45, 2.75) is 45.3 Å². The van der Waals surface area contributed by atoms with Crippen LogP contribution in [-0.4, -0.2) is 75.0 Å². The fourth-order valence-electron chi connectivity index (χ4n) is 5.46. The number of nitrogens with zero attached hydrogens (tertiary/aromatic N) is 7. The summed E-state index contributed by atoms with van der Waals surface area (Å²) in [4.78, 5) is 31.5. The molecule has 41 heavy (non-hydrogen) atoms. The molecule has 1 atom stereocenters. The first-order valence-electron chi connectivity index (χ1n) is 13.8. The van der Waals surface area contributed by atoms with Crippen LogP contribution in [0.1, 0.15) is 44.1 Å². The number of piperazine rings is 1.